The van der Waals surface area contributed by atoms with Gasteiger partial charge in [-0.05, 0) is 36.8 Å². The Labute approximate surface area is 269 Å². The summed E-state index contributed by atoms with van der Waals surface area (Å²) in [5.74, 6) is -3.90. The highest BCUT2D eigenvalue weighted by Gasteiger charge is 2.41. The molecule has 0 spiro atoms. The molecule has 1 saturated heterocycles. The van der Waals surface area contributed by atoms with Gasteiger partial charge in [0.25, 0.3) is 5.92 Å². The number of alkyl halides is 5. The average molecular weight is 705 g/mol. The molecule has 1 fully saturated rings. The number of benzene rings is 2. The van der Waals surface area contributed by atoms with Gasteiger partial charge in [0.15, 0.2) is 15.9 Å². The zero-order valence-corrected chi connectivity index (χ0v) is 26.6. The van der Waals surface area contributed by atoms with Crippen molar-refractivity contribution in [1.82, 2.24) is 24.6 Å². The minimum atomic E-state index is -4.97. The van der Waals surface area contributed by atoms with Crippen LogP contribution in [0.1, 0.15) is 30.3 Å². The third-order valence-electron chi connectivity index (χ3n) is 7.17. The van der Waals surface area contributed by atoms with E-state index >= 15 is 0 Å². The van der Waals surface area contributed by atoms with Crippen LogP contribution in [0.2, 0.25) is 5.15 Å². The highest BCUT2D eigenvalue weighted by molar-refractivity contribution is 7.89. The molecule has 1 N–H and O–H groups in total. The minimum Gasteiger partial charge on any atom is -0.406 e. The number of hydrogen-bond acceptors (Lipinski definition) is 9. The Morgan fingerprint density at radius 2 is 1.72 bits per heavy atom. The monoisotopic (exact) mass is 704 g/mol. The van der Waals surface area contributed by atoms with Crippen molar-refractivity contribution in [2.24, 2.45) is 0 Å². The number of piperazine rings is 1. The smallest absolute Gasteiger partial charge is 0.406 e. The first-order valence-electron chi connectivity index (χ1n) is 13.8. The van der Waals surface area contributed by atoms with Crippen LogP contribution < -0.4 is 15.0 Å². The van der Waals surface area contributed by atoms with Crippen molar-refractivity contribution in [2.45, 2.75) is 50.0 Å². The number of rotatable bonds is 9. The molecule has 3 heterocycles. The molecular weight excluding hydrogens is 679 g/mol. The third-order valence-corrected chi connectivity index (χ3v) is 10.6. The summed E-state index contributed by atoms with van der Waals surface area (Å²) in [6.45, 7) is 2.70. The fourth-order valence-electron chi connectivity index (χ4n) is 4.79. The second-order valence-electron chi connectivity index (χ2n) is 10.3. The van der Waals surface area contributed by atoms with E-state index in [-0.39, 0.29) is 48.2 Å². The molecule has 0 bridgehead atoms. The van der Waals surface area contributed by atoms with Gasteiger partial charge in [-0.15, -0.1) is 13.2 Å². The lowest BCUT2D eigenvalue weighted by atomic mass is 10.0. The second kappa shape index (κ2) is 12.8. The fourth-order valence-corrected chi connectivity index (χ4v) is 7.60. The number of aryl methyl sites for hydroxylation is 1. The summed E-state index contributed by atoms with van der Waals surface area (Å²) in [4.78, 5) is 27.9. The first kappa shape index (κ1) is 33.7. The lowest BCUT2D eigenvalue weighted by molar-refractivity contribution is -0.274. The van der Waals surface area contributed by atoms with Crippen LogP contribution in [0.4, 0.5) is 27.1 Å². The molecule has 1 aliphatic heterocycles. The van der Waals surface area contributed by atoms with E-state index in [1.165, 1.54) is 42.5 Å². The molecule has 4 aromatic rings. The standard InChI is InChI=1S/C28H26ClF5N6O4S2/c1-3-27(30,31)18-6-4-17(5-7-18)14-35-25(41)21-15-39(26-38-24-22(45-26)23(29)36-16(2)37-24)12-13-40(21)46(42,43)20-10-8-19(9-11-20)44-28(32,33)34/h4-11,21H,3,12-15H2,1-2H3,(H,35,41)/t21-/m1/s1. The molecule has 0 unspecified atom stereocenters. The lowest BCUT2D eigenvalue weighted by Gasteiger charge is -2.39. The van der Waals surface area contributed by atoms with Crippen LogP contribution in [0.15, 0.2) is 53.4 Å². The summed E-state index contributed by atoms with van der Waals surface area (Å²) in [6.07, 6.45) is -5.34. The second-order valence-corrected chi connectivity index (χ2v) is 13.5. The normalized spacial score (nSPS) is 16.5. The Morgan fingerprint density at radius 1 is 1.04 bits per heavy atom. The largest absolute Gasteiger partial charge is 0.573 e. The average Bonchev–Trinajstić information content (AvgIpc) is 3.44. The summed E-state index contributed by atoms with van der Waals surface area (Å²) in [7, 11) is -4.40. The summed E-state index contributed by atoms with van der Waals surface area (Å²) in [5.41, 5.74) is 0.667. The van der Waals surface area contributed by atoms with Gasteiger partial charge in [-0.2, -0.15) is 9.29 Å². The van der Waals surface area contributed by atoms with E-state index in [9.17, 15) is 35.2 Å². The Bertz CT molecular complexity index is 1840. The van der Waals surface area contributed by atoms with Gasteiger partial charge in [-0.3, -0.25) is 4.79 Å². The third kappa shape index (κ3) is 7.32. The zero-order valence-electron chi connectivity index (χ0n) is 24.2. The topological polar surface area (TPSA) is 118 Å². The number of amides is 1. The predicted molar refractivity (Wildman–Crippen MR) is 160 cm³/mol. The van der Waals surface area contributed by atoms with E-state index in [1.807, 2.05) is 0 Å². The Morgan fingerprint density at radius 3 is 2.35 bits per heavy atom. The van der Waals surface area contributed by atoms with Crippen LogP contribution in [-0.4, -0.2) is 65.6 Å². The summed E-state index contributed by atoms with van der Waals surface area (Å²) < 4.78 is 98.8. The Kier molecular flexibility index (Phi) is 9.41. The van der Waals surface area contributed by atoms with E-state index in [1.54, 1.807) is 11.8 Å². The summed E-state index contributed by atoms with van der Waals surface area (Å²) >= 11 is 7.44. The molecule has 18 heteroatoms. The van der Waals surface area contributed by atoms with Crippen LogP contribution in [0.25, 0.3) is 10.3 Å². The molecule has 1 aliphatic rings. The van der Waals surface area contributed by atoms with E-state index in [0.717, 1.165) is 28.6 Å². The molecule has 1 atom stereocenters. The van der Waals surface area contributed by atoms with Gasteiger partial charge >= 0.3 is 6.36 Å². The van der Waals surface area contributed by atoms with Gasteiger partial charge in [0.2, 0.25) is 15.9 Å². The fraction of sp³-hybridized carbons (Fsp3) is 0.357. The Balaban J connectivity index is 1.41. The van der Waals surface area contributed by atoms with E-state index in [4.69, 9.17) is 11.6 Å². The van der Waals surface area contributed by atoms with Crippen molar-refractivity contribution >= 4 is 54.3 Å². The quantitative estimate of drug-likeness (QED) is 0.176. The lowest BCUT2D eigenvalue weighted by Crippen LogP contribution is -2.60. The van der Waals surface area contributed by atoms with Crippen molar-refractivity contribution in [3.05, 3.63) is 70.6 Å². The number of carbonyl (C=O) groups is 1. The molecule has 2 aromatic heterocycles. The maximum atomic E-state index is 14.0. The number of ether oxygens (including phenoxy) is 1. The van der Waals surface area contributed by atoms with Gasteiger partial charge < -0.3 is 15.0 Å². The molecule has 0 saturated carbocycles. The highest BCUT2D eigenvalue weighted by Crippen LogP contribution is 2.35. The van der Waals surface area contributed by atoms with Crippen LogP contribution in [-0.2, 0) is 27.3 Å². The first-order valence-corrected chi connectivity index (χ1v) is 16.4. The Hall–Kier alpha value is -3.67. The molecule has 10 nitrogen and oxygen atoms in total. The van der Waals surface area contributed by atoms with Crippen molar-refractivity contribution in [1.29, 1.82) is 0 Å². The minimum absolute atomic E-state index is 0.0870. The molecule has 46 heavy (non-hydrogen) atoms. The van der Waals surface area contributed by atoms with Crippen molar-refractivity contribution in [3.63, 3.8) is 0 Å². The molecule has 5 rings (SSSR count). The summed E-state index contributed by atoms with van der Waals surface area (Å²) in [5, 5.41) is 3.30. The van der Waals surface area contributed by atoms with Crippen LogP contribution >= 0.6 is 22.9 Å². The van der Waals surface area contributed by atoms with Crippen LogP contribution in [0, 0.1) is 6.92 Å². The predicted octanol–water partition coefficient (Wildman–Crippen LogP) is 5.64. The van der Waals surface area contributed by atoms with Gasteiger partial charge in [-0.25, -0.2) is 27.2 Å². The molecule has 0 aliphatic carbocycles. The van der Waals surface area contributed by atoms with Gasteiger partial charge in [0.1, 0.15) is 22.3 Å². The van der Waals surface area contributed by atoms with Gasteiger partial charge in [0, 0.05) is 38.2 Å². The van der Waals surface area contributed by atoms with Crippen molar-refractivity contribution < 1.29 is 39.9 Å². The van der Waals surface area contributed by atoms with E-state index < -0.39 is 40.0 Å². The number of carbonyl (C=O) groups excluding carboxylic acids is 1. The highest BCUT2D eigenvalue weighted by atomic mass is 35.5. The number of hydrogen-bond donors (Lipinski definition) is 1. The summed E-state index contributed by atoms with van der Waals surface area (Å²) in [6, 6.07) is 7.75. The first-order chi connectivity index (χ1) is 21.6. The molecular formula is C28H26ClF5N6O4S2. The number of fused-ring (bicyclic) bond motifs is 1. The van der Waals surface area contributed by atoms with Crippen molar-refractivity contribution in [3.8, 4) is 5.75 Å². The van der Waals surface area contributed by atoms with Gasteiger partial charge in [0.05, 0.1) is 4.90 Å². The van der Waals surface area contributed by atoms with E-state index in [0.29, 0.717) is 26.9 Å². The van der Waals surface area contributed by atoms with Gasteiger partial charge in [-0.1, -0.05) is 54.1 Å². The maximum absolute atomic E-state index is 14.0. The number of nitrogens with one attached hydrogen (secondary N) is 1. The number of aromatic nitrogens is 3. The molecule has 0 radical (unpaired) electrons. The zero-order chi connectivity index (χ0) is 33.4. The SMILES string of the molecule is CCC(F)(F)c1ccc(CNC(=O)[C@H]2CN(c3nc4nc(C)nc(Cl)c4s3)CCN2S(=O)(=O)c2ccc(OC(F)(F)F)cc2)cc1. The van der Waals surface area contributed by atoms with Crippen LogP contribution in [0.3, 0.4) is 0 Å². The maximum Gasteiger partial charge on any atom is 0.573 e. The van der Waals surface area contributed by atoms with Crippen molar-refractivity contribution in [2.75, 3.05) is 24.5 Å². The molecule has 1 amide bonds. The van der Waals surface area contributed by atoms with Crippen LogP contribution in [0.5, 0.6) is 5.75 Å². The number of sulfonamides is 1. The number of anilines is 1. The number of halogens is 6. The number of thiazole rings is 1. The molecule has 246 valence electrons. The molecule has 2 aromatic carbocycles. The van der Waals surface area contributed by atoms with E-state index in [2.05, 4.69) is 25.0 Å². The number of nitrogens with zero attached hydrogens (tertiary/aromatic N) is 5.